The normalized spacial score (nSPS) is 9.79. The van der Waals surface area contributed by atoms with Crippen LogP contribution in [-0.4, -0.2) is 19.6 Å². The number of hydrogen-bond donors (Lipinski definition) is 2. The number of hydrogen-bond acceptors (Lipinski definition) is 4. The fourth-order valence-electron chi connectivity index (χ4n) is 2.10. The molecule has 2 aromatic rings. The minimum absolute atomic E-state index is 0. The molecule has 1 amide bonds. The van der Waals surface area contributed by atoms with E-state index in [9.17, 15) is 4.79 Å². The van der Waals surface area contributed by atoms with E-state index in [0.29, 0.717) is 23.7 Å². The van der Waals surface area contributed by atoms with Crippen LogP contribution >= 0.6 is 12.4 Å². The van der Waals surface area contributed by atoms with Crippen molar-refractivity contribution in [1.82, 2.24) is 0 Å². The number of rotatable bonds is 6. The topological polar surface area (TPSA) is 73.6 Å². The van der Waals surface area contributed by atoms with Gasteiger partial charge in [-0.1, -0.05) is 12.1 Å². The minimum atomic E-state index is -0.157. The molecule has 0 aromatic heterocycles. The molecule has 0 heterocycles. The lowest BCUT2D eigenvalue weighted by Gasteiger charge is -2.12. The van der Waals surface area contributed by atoms with Crippen molar-refractivity contribution in [3.63, 3.8) is 0 Å². The van der Waals surface area contributed by atoms with E-state index in [1.807, 2.05) is 32.0 Å². The van der Waals surface area contributed by atoms with Gasteiger partial charge in [0.05, 0.1) is 31.5 Å². The Kier molecular flexibility index (Phi) is 7.39. The van der Waals surface area contributed by atoms with E-state index in [-0.39, 0.29) is 24.7 Å². The van der Waals surface area contributed by atoms with E-state index >= 15 is 0 Å². The fraction of sp³-hybridized carbons (Fsp3) is 0.278. The molecule has 0 bridgehead atoms. The summed E-state index contributed by atoms with van der Waals surface area (Å²) >= 11 is 0. The zero-order chi connectivity index (χ0) is 16.8. The van der Waals surface area contributed by atoms with Crippen LogP contribution in [0.2, 0.25) is 0 Å². The molecule has 0 aliphatic heterocycles. The molecule has 2 rings (SSSR count). The molecule has 0 unspecified atom stereocenters. The third-order valence-electron chi connectivity index (χ3n) is 3.46. The summed E-state index contributed by atoms with van der Waals surface area (Å²) < 4.78 is 10.8. The molecule has 0 spiro atoms. The summed E-state index contributed by atoms with van der Waals surface area (Å²) in [5, 5.41) is 2.77. The Morgan fingerprint density at radius 2 is 1.92 bits per heavy atom. The van der Waals surface area contributed by atoms with Gasteiger partial charge in [0.1, 0.15) is 11.5 Å². The average molecular weight is 351 g/mol. The van der Waals surface area contributed by atoms with Crippen molar-refractivity contribution in [3.05, 3.63) is 47.5 Å². The lowest BCUT2D eigenvalue weighted by atomic mass is 10.1. The summed E-state index contributed by atoms with van der Waals surface area (Å²) in [5.74, 6) is 1.29. The molecule has 0 atom stereocenters. The number of halogens is 1. The quantitative estimate of drug-likeness (QED) is 0.778. The van der Waals surface area contributed by atoms with Gasteiger partial charge in [0.25, 0.3) is 0 Å². The van der Waals surface area contributed by atoms with Gasteiger partial charge < -0.3 is 20.5 Å². The van der Waals surface area contributed by atoms with Gasteiger partial charge in [0.15, 0.2) is 0 Å². The maximum absolute atomic E-state index is 12.0. The maximum Gasteiger partial charge on any atom is 0.227 e. The van der Waals surface area contributed by atoms with Gasteiger partial charge in [0.2, 0.25) is 5.91 Å². The van der Waals surface area contributed by atoms with Crippen molar-refractivity contribution >= 4 is 29.7 Å². The lowest BCUT2D eigenvalue weighted by molar-refractivity contribution is -0.116. The molecule has 0 aliphatic carbocycles. The van der Waals surface area contributed by atoms with Crippen molar-refractivity contribution in [2.45, 2.75) is 20.3 Å². The molecule has 5 nitrogen and oxygen atoms in total. The molecular formula is C18H23ClN2O3. The first kappa shape index (κ1) is 19.6. The predicted octanol–water partition coefficient (Wildman–Crippen LogP) is 3.72. The third kappa shape index (κ3) is 5.35. The van der Waals surface area contributed by atoms with Gasteiger partial charge in [-0.05, 0) is 43.2 Å². The zero-order valence-corrected chi connectivity index (χ0v) is 14.9. The number of carbonyl (C=O) groups is 1. The fourth-order valence-corrected chi connectivity index (χ4v) is 2.10. The van der Waals surface area contributed by atoms with Gasteiger partial charge in [-0.3, -0.25) is 4.79 Å². The first-order chi connectivity index (χ1) is 11.0. The first-order valence-electron chi connectivity index (χ1n) is 7.43. The number of nitrogens with one attached hydrogen (secondary N) is 1. The molecule has 2 aromatic carbocycles. The number of aryl methyl sites for hydroxylation is 2. The van der Waals surface area contributed by atoms with Crippen LogP contribution < -0.4 is 20.5 Å². The summed E-state index contributed by atoms with van der Waals surface area (Å²) in [4.78, 5) is 12.0. The van der Waals surface area contributed by atoms with Crippen LogP contribution in [0.4, 0.5) is 11.4 Å². The van der Waals surface area contributed by atoms with Crippen LogP contribution in [0.3, 0.4) is 0 Å². The van der Waals surface area contributed by atoms with Gasteiger partial charge in [0, 0.05) is 6.07 Å². The lowest BCUT2D eigenvalue weighted by Crippen LogP contribution is -2.16. The Hall–Kier alpha value is -2.40. The molecular weight excluding hydrogens is 328 g/mol. The number of amides is 1. The number of anilines is 2. The van der Waals surface area contributed by atoms with Gasteiger partial charge >= 0.3 is 0 Å². The average Bonchev–Trinajstić information content (AvgIpc) is 2.53. The molecule has 0 radical (unpaired) electrons. The van der Waals surface area contributed by atoms with E-state index in [4.69, 9.17) is 15.2 Å². The standard InChI is InChI=1S/C18H22N2O3.ClH/c1-12-4-5-13(2)17(10-12)23-9-8-18(21)20-16-11-14(22-3)6-7-15(16)19;/h4-7,10-11H,8-9,19H2,1-3H3,(H,20,21);1H. The number of ether oxygens (including phenoxy) is 2. The number of carbonyl (C=O) groups excluding carboxylic acids is 1. The van der Waals surface area contributed by atoms with Crippen molar-refractivity contribution in [1.29, 1.82) is 0 Å². The summed E-state index contributed by atoms with van der Waals surface area (Å²) in [6.07, 6.45) is 0.240. The largest absolute Gasteiger partial charge is 0.497 e. The number of nitrogens with two attached hydrogens (primary N) is 1. The highest BCUT2D eigenvalue weighted by Crippen LogP contribution is 2.24. The molecule has 0 saturated carbocycles. The van der Waals surface area contributed by atoms with E-state index in [2.05, 4.69) is 5.32 Å². The van der Waals surface area contributed by atoms with Crippen molar-refractivity contribution in [3.8, 4) is 11.5 Å². The highest BCUT2D eigenvalue weighted by Gasteiger charge is 2.08. The smallest absolute Gasteiger partial charge is 0.227 e. The predicted molar refractivity (Wildman–Crippen MR) is 99.3 cm³/mol. The van der Waals surface area contributed by atoms with Crippen molar-refractivity contribution in [2.24, 2.45) is 0 Å². The molecule has 24 heavy (non-hydrogen) atoms. The monoisotopic (exact) mass is 350 g/mol. The summed E-state index contributed by atoms with van der Waals surface area (Å²) in [7, 11) is 1.56. The first-order valence-corrected chi connectivity index (χ1v) is 7.43. The van der Waals surface area contributed by atoms with Gasteiger partial charge in [-0.25, -0.2) is 0 Å². The van der Waals surface area contributed by atoms with Gasteiger partial charge in [-0.2, -0.15) is 0 Å². The molecule has 130 valence electrons. The molecule has 3 N–H and O–H groups in total. The van der Waals surface area contributed by atoms with E-state index in [1.54, 1.807) is 25.3 Å². The Labute approximate surface area is 148 Å². The van der Waals surface area contributed by atoms with E-state index in [0.717, 1.165) is 16.9 Å². The van der Waals surface area contributed by atoms with Crippen molar-refractivity contribution in [2.75, 3.05) is 24.8 Å². The number of methoxy groups -OCH3 is 1. The third-order valence-corrected chi connectivity index (χ3v) is 3.46. The summed E-state index contributed by atoms with van der Waals surface area (Å²) in [5.41, 5.74) is 9.06. The second-order valence-electron chi connectivity index (χ2n) is 5.37. The van der Waals surface area contributed by atoms with E-state index in [1.165, 1.54) is 0 Å². The second kappa shape index (κ2) is 9.03. The molecule has 6 heteroatoms. The van der Waals surface area contributed by atoms with Gasteiger partial charge in [-0.15, -0.1) is 12.4 Å². The zero-order valence-electron chi connectivity index (χ0n) is 14.1. The Morgan fingerprint density at radius 1 is 1.17 bits per heavy atom. The summed E-state index contributed by atoms with van der Waals surface area (Å²) in [6.45, 7) is 4.29. The minimum Gasteiger partial charge on any atom is -0.497 e. The van der Waals surface area contributed by atoms with E-state index < -0.39 is 0 Å². The molecule has 0 fully saturated rings. The van der Waals surface area contributed by atoms with Crippen LogP contribution in [0, 0.1) is 13.8 Å². The van der Waals surface area contributed by atoms with Crippen LogP contribution in [-0.2, 0) is 4.79 Å². The maximum atomic E-state index is 12.0. The molecule has 0 aliphatic rings. The Bertz CT molecular complexity index is 705. The summed E-state index contributed by atoms with van der Waals surface area (Å²) in [6, 6.07) is 11.1. The van der Waals surface area contributed by atoms with Crippen molar-refractivity contribution < 1.29 is 14.3 Å². The second-order valence-corrected chi connectivity index (χ2v) is 5.37. The van der Waals surface area contributed by atoms with Crippen LogP contribution in [0.25, 0.3) is 0 Å². The number of benzene rings is 2. The highest BCUT2D eigenvalue weighted by atomic mass is 35.5. The SMILES string of the molecule is COc1ccc(N)c(NC(=O)CCOc2cc(C)ccc2C)c1.Cl. The van der Waals surface area contributed by atoms with Crippen LogP contribution in [0.15, 0.2) is 36.4 Å². The Balaban J connectivity index is 0.00000288. The molecule has 0 saturated heterocycles. The number of nitrogen functional groups attached to an aromatic ring is 1. The Morgan fingerprint density at radius 3 is 2.62 bits per heavy atom. The van der Waals surface area contributed by atoms with Crippen LogP contribution in [0.5, 0.6) is 11.5 Å². The highest BCUT2D eigenvalue weighted by molar-refractivity contribution is 5.94. The van der Waals surface area contributed by atoms with Crippen LogP contribution in [0.1, 0.15) is 17.5 Å².